The maximum absolute atomic E-state index is 10.9. The largest absolute Gasteiger partial charge is 1.00 e. The van der Waals surface area contributed by atoms with Gasteiger partial charge in [0.2, 0.25) is 0 Å². The molecule has 3 nitrogen and oxygen atoms in total. The molecule has 0 spiro atoms. The number of hydrogen-bond acceptors (Lipinski definition) is 3. The summed E-state index contributed by atoms with van der Waals surface area (Å²) in [6.45, 7) is 7.17. The Balaban J connectivity index is -0.000000218. The van der Waals surface area contributed by atoms with Crippen LogP contribution >= 0.6 is 7.14 Å². The summed E-state index contributed by atoms with van der Waals surface area (Å²) >= 11 is 0. The molecule has 0 aromatic carbocycles. The number of carbonyl (C=O) groups is 1. The van der Waals surface area contributed by atoms with Crippen LogP contribution in [0.2, 0.25) is 0 Å². The van der Waals surface area contributed by atoms with Crippen LogP contribution in [0.5, 0.6) is 0 Å². The smallest absolute Gasteiger partial charge is 0.846 e. The van der Waals surface area contributed by atoms with Gasteiger partial charge in [-0.3, -0.25) is 0 Å². The van der Waals surface area contributed by atoms with E-state index in [0.717, 1.165) is 6.16 Å². The molecule has 5 heteroatoms. The van der Waals surface area contributed by atoms with E-state index in [1.165, 1.54) is 0 Å². The minimum Gasteiger partial charge on any atom is -0.846 e. The number of hydrogen-bond donors (Lipinski definition) is 0. The number of allylic oxidation sites excluding steroid dienone is 2. The van der Waals surface area contributed by atoms with Gasteiger partial charge in [-0.15, -0.1) is 11.8 Å². The molecule has 17 heavy (non-hydrogen) atoms. The predicted octanol–water partition coefficient (Wildman–Crippen LogP) is -1.48. The van der Waals surface area contributed by atoms with Crippen molar-refractivity contribution in [2.45, 2.75) is 26.4 Å². The Kier molecular flexibility index (Phi) is 20.4. The molecule has 0 bridgehead atoms. The molecule has 0 aliphatic heterocycles. The fourth-order valence-electron chi connectivity index (χ4n) is 0.610. The molecule has 0 saturated carbocycles. The third-order valence-electron chi connectivity index (χ3n) is 1.41. The van der Waals surface area contributed by atoms with Gasteiger partial charge in [0.1, 0.15) is 6.29 Å². The van der Waals surface area contributed by atoms with Crippen molar-refractivity contribution in [3.05, 3.63) is 12.2 Å². The summed E-state index contributed by atoms with van der Waals surface area (Å²) < 4.78 is 10.9. The fourth-order valence-corrected chi connectivity index (χ4v) is 1.33. The zero-order valence-corrected chi connectivity index (χ0v) is 17.2. The van der Waals surface area contributed by atoms with E-state index in [1.54, 1.807) is 20.3 Å². The average Bonchev–Trinajstić information content (AvgIpc) is 2.22. The Morgan fingerprint density at radius 1 is 1.41 bits per heavy atom. The number of aldehydes is 1. The molecule has 0 N–H and O–H groups in total. The van der Waals surface area contributed by atoms with E-state index in [2.05, 4.69) is 11.8 Å². The van der Waals surface area contributed by atoms with Gasteiger partial charge in [-0.2, -0.15) is 0 Å². The van der Waals surface area contributed by atoms with Crippen LogP contribution in [0.4, 0.5) is 0 Å². The van der Waals surface area contributed by atoms with Gasteiger partial charge in [0, 0.05) is 12.6 Å². The normalized spacial score (nSPS) is 11.4. The Bertz CT molecular complexity index is 309. The molecule has 0 radical (unpaired) electrons. The first kappa shape index (κ1) is 23.1. The Morgan fingerprint density at radius 2 is 1.94 bits per heavy atom. The Labute approximate surface area is 154 Å². The molecule has 0 fully saturated rings. The molecule has 0 heterocycles. The third-order valence-corrected chi connectivity index (χ3v) is 2.50. The van der Waals surface area contributed by atoms with E-state index in [4.69, 9.17) is 0 Å². The summed E-state index contributed by atoms with van der Waals surface area (Å²) in [5.41, 5.74) is 0. The zero-order chi connectivity index (χ0) is 13.0. The second-order valence-electron chi connectivity index (χ2n) is 3.63. The summed E-state index contributed by atoms with van der Waals surface area (Å²) in [5, 5.41) is 10.2. The van der Waals surface area contributed by atoms with Crippen LogP contribution in [0, 0.1) is 11.8 Å². The molecule has 1 atom stereocenters. The molecule has 0 aromatic rings. The van der Waals surface area contributed by atoms with Gasteiger partial charge in [-0.05, 0) is 27.2 Å². The summed E-state index contributed by atoms with van der Waals surface area (Å²) in [5.74, 6) is 5.03. The summed E-state index contributed by atoms with van der Waals surface area (Å²) in [6.07, 6.45) is 3.97. The maximum atomic E-state index is 10.9. The van der Waals surface area contributed by atoms with E-state index in [9.17, 15) is 14.5 Å². The summed E-state index contributed by atoms with van der Waals surface area (Å²) in [4.78, 5) is 9.63. The molecule has 0 aromatic heterocycles. The van der Waals surface area contributed by atoms with Crippen molar-refractivity contribution in [3.63, 3.8) is 0 Å². The second-order valence-corrected chi connectivity index (χ2v) is 7.14. The van der Waals surface area contributed by atoms with Gasteiger partial charge in [0.25, 0.3) is 0 Å². The van der Waals surface area contributed by atoms with Crippen LogP contribution in [0.15, 0.2) is 12.2 Å². The molecule has 0 aliphatic carbocycles. The Hall–Kier alpha value is 0.965. The molecular weight excluding hydrogens is 309 g/mol. The Morgan fingerprint density at radius 3 is 2.18 bits per heavy atom. The molecule has 0 unspecified atom stereocenters. The van der Waals surface area contributed by atoms with E-state index in [-0.39, 0.29) is 64.6 Å². The fraction of sp³-hybridized carbons (Fsp3) is 0.583. The van der Waals surface area contributed by atoms with Crippen LogP contribution < -0.4 is 63.3 Å². The first-order valence-electron chi connectivity index (χ1n) is 5.03. The summed E-state index contributed by atoms with van der Waals surface area (Å²) in [7, 11) is -1.77. The van der Waals surface area contributed by atoms with Crippen molar-refractivity contribution in [1.29, 1.82) is 0 Å². The van der Waals surface area contributed by atoms with E-state index >= 15 is 0 Å². The first-order valence-corrected chi connectivity index (χ1v) is 7.82. The minimum absolute atomic E-state index is 0. The number of carbonyl (C=O) groups excluding carboxylic acids is 1. The average molecular weight is 329 g/mol. The molecule has 0 amide bonds. The number of rotatable bonds is 4. The quantitative estimate of drug-likeness (QED) is 0.274. The van der Waals surface area contributed by atoms with Crippen LogP contribution in [0.25, 0.3) is 0 Å². The van der Waals surface area contributed by atoms with Crippen molar-refractivity contribution in [3.8, 4) is 11.8 Å². The van der Waals surface area contributed by atoms with Gasteiger partial charge < -0.3 is 14.5 Å². The van der Waals surface area contributed by atoms with Crippen LogP contribution in [0.3, 0.4) is 0 Å². The van der Waals surface area contributed by atoms with Crippen LogP contribution in [0.1, 0.15) is 20.3 Å². The topological polar surface area (TPSA) is 57.2 Å². The van der Waals surface area contributed by atoms with Gasteiger partial charge in [-0.1, -0.05) is 18.3 Å². The third kappa shape index (κ3) is 26.5. The second kappa shape index (κ2) is 15.0. The first-order chi connectivity index (χ1) is 7.37. The molecule has 0 saturated heterocycles. The molecule has 0 rings (SSSR count). The molecular formula is C12H20O3PRb. The van der Waals surface area contributed by atoms with Gasteiger partial charge in [0.05, 0.1) is 7.14 Å². The van der Waals surface area contributed by atoms with Crippen molar-refractivity contribution in [2.75, 3.05) is 19.5 Å². The van der Waals surface area contributed by atoms with E-state index in [0.29, 0.717) is 6.29 Å². The summed E-state index contributed by atoms with van der Waals surface area (Å²) in [6, 6.07) is 0. The van der Waals surface area contributed by atoms with E-state index < -0.39 is 13.2 Å². The van der Waals surface area contributed by atoms with Crippen molar-refractivity contribution in [2.24, 2.45) is 0 Å². The van der Waals surface area contributed by atoms with Crippen molar-refractivity contribution < 1.29 is 72.7 Å². The standard InChI is InChI=1S/C6H7O2.C6H13OP.Rb/c1-2-3-4-6(8)5-7;1-4-5-6-8(2,3)7;/h5-6H,4H2,1H3;4-5H,6H2,1-3H3;/q-1;;+1/b;5-4+;/t6-;;/m1../s1. The minimum atomic E-state index is -1.77. The van der Waals surface area contributed by atoms with Crippen molar-refractivity contribution >= 4 is 13.4 Å². The molecule has 0 aliphatic rings. The zero-order valence-electron chi connectivity index (χ0n) is 11.4. The monoisotopic (exact) mass is 328 g/mol. The predicted molar refractivity (Wildman–Crippen MR) is 67.1 cm³/mol. The SMILES string of the molecule is C/C=C/CP(C)(C)=O.CC#CC[C@@H]([O-])C=O.[Rb+]. The van der Waals surface area contributed by atoms with Crippen LogP contribution in [-0.4, -0.2) is 31.9 Å². The van der Waals surface area contributed by atoms with Crippen LogP contribution in [-0.2, 0) is 9.36 Å². The van der Waals surface area contributed by atoms with E-state index in [1.807, 2.05) is 19.1 Å². The molecule has 92 valence electrons. The van der Waals surface area contributed by atoms with Gasteiger partial charge in [-0.25, -0.2) is 0 Å². The maximum Gasteiger partial charge on any atom is 1.00 e. The van der Waals surface area contributed by atoms with Gasteiger partial charge >= 0.3 is 58.2 Å². The van der Waals surface area contributed by atoms with Gasteiger partial charge in [0.15, 0.2) is 0 Å². The van der Waals surface area contributed by atoms with Crippen molar-refractivity contribution in [1.82, 2.24) is 0 Å².